The molecule has 0 fully saturated rings. The predicted octanol–water partition coefficient (Wildman–Crippen LogP) is 3.65. The van der Waals surface area contributed by atoms with E-state index in [1.54, 1.807) is 12.1 Å². The molecule has 1 amide bonds. The monoisotopic (exact) mass is 355 g/mol. The van der Waals surface area contributed by atoms with Gasteiger partial charge in [0.25, 0.3) is 5.91 Å². The number of aliphatic hydroxyl groups is 1. The molecule has 0 aliphatic rings. The van der Waals surface area contributed by atoms with E-state index in [1.165, 1.54) is 0 Å². The predicted molar refractivity (Wildman–Crippen MR) is 90.2 cm³/mol. The van der Waals surface area contributed by atoms with Crippen molar-refractivity contribution < 1.29 is 14.3 Å². The van der Waals surface area contributed by atoms with Crippen LogP contribution in [0, 0.1) is 0 Å². The molecule has 0 aliphatic heterocycles. The van der Waals surface area contributed by atoms with E-state index in [2.05, 4.69) is 5.32 Å². The Bertz CT molecular complexity index is 635. The zero-order chi connectivity index (χ0) is 16.8. The van der Waals surface area contributed by atoms with Crippen molar-refractivity contribution in [2.75, 3.05) is 6.67 Å². The van der Waals surface area contributed by atoms with Gasteiger partial charge >= 0.3 is 0 Å². The molecule has 0 heterocycles. The van der Waals surface area contributed by atoms with Gasteiger partial charge in [0.1, 0.15) is 12.8 Å². The van der Waals surface area contributed by atoms with Crippen LogP contribution in [0.15, 0.2) is 54.6 Å². The summed E-state index contributed by atoms with van der Waals surface area (Å²) in [6, 6.07) is 15.7. The molecule has 0 bridgehead atoms. The molecule has 6 heteroatoms. The molecule has 0 aromatic heterocycles. The number of nitrogens with one attached hydrogen (secondary N) is 1. The van der Waals surface area contributed by atoms with Gasteiger partial charge in [0.15, 0.2) is 4.84 Å². The first-order chi connectivity index (χ1) is 11.0. The summed E-state index contributed by atoms with van der Waals surface area (Å²) in [6.45, 7) is -0.937. The second-order valence-electron chi connectivity index (χ2n) is 5.00. The topological polar surface area (TPSA) is 49.3 Å². The number of carbonyl (C=O) groups excluding carboxylic acids is 1. The Morgan fingerprint density at radius 1 is 1.04 bits per heavy atom. The first-order valence-electron chi connectivity index (χ1n) is 7.01. The van der Waals surface area contributed by atoms with Gasteiger partial charge in [-0.3, -0.25) is 4.79 Å². The van der Waals surface area contributed by atoms with Crippen molar-refractivity contribution in [1.82, 2.24) is 5.32 Å². The van der Waals surface area contributed by atoms with Gasteiger partial charge in [-0.05, 0) is 16.7 Å². The third-order valence-corrected chi connectivity index (χ3v) is 3.83. The third-order valence-electron chi connectivity index (χ3n) is 3.43. The van der Waals surface area contributed by atoms with Gasteiger partial charge in [0.2, 0.25) is 0 Å². The van der Waals surface area contributed by atoms with Gasteiger partial charge in [-0.15, -0.1) is 0 Å². The molecule has 2 N–H and O–H groups in total. The number of rotatable bonds is 6. The lowest BCUT2D eigenvalue weighted by atomic mass is 9.99. The molecular weight excluding hydrogens is 340 g/mol. The Hall–Kier alpha value is -1.62. The molecule has 0 aliphatic carbocycles. The van der Waals surface area contributed by atoms with Crippen LogP contribution in [0.1, 0.15) is 11.7 Å². The Balaban J connectivity index is 2.12. The van der Waals surface area contributed by atoms with E-state index in [0.29, 0.717) is 5.56 Å². The van der Waals surface area contributed by atoms with Gasteiger partial charge in [-0.25, -0.2) is 4.39 Å². The van der Waals surface area contributed by atoms with Crippen molar-refractivity contribution in [3.63, 3.8) is 0 Å². The first kappa shape index (κ1) is 17.7. The maximum Gasteiger partial charge on any atom is 0.253 e. The first-order valence-corrected chi connectivity index (χ1v) is 7.88. The molecule has 2 rings (SSSR count). The molecule has 2 aromatic carbocycles. The van der Waals surface area contributed by atoms with Crippen LogP contribution in [0.4, 0.5) is 4.39 Å². The normalized spacial score (nSPS) is 13.6. The van der Waals surface area contributed by atoms with E-state index in [1.807, 2.05) is 42.5 Å². The number of halogens is 3. The van der Waals surface area contributed by atoms with Gasteiger partial charge in [0.05, 0.1) is 6.04 Å². The van der Waals surface area contributed by atoms with Crippen LogP contribution >= 0.6 is 23.2 Å². The van der Waals surface area contributed by atoms with Crippen LogP contribution < -0.4 is 5.32 Å². The van der Waals surface area contributed by atoms with E-state index >= 15 is 0 Å². The highest BCUT2D eigenvalue weighted by molar-refractivity contribution is 6.53. The zero-order valence-electron chi connectivity index (χ0n) is 12.1. The van der Waals surface area contributed by atoms with Gasteiger partial charge in [-0.1, -0.05) is 77.8 Å². The Morgan fingerprint density at radius 2 is 1.61 bits per heavy atom. The Morgan fingerprint density at radius 3 is 2.13 bits per heavy atom. The molecule has 0 spiro atoms. The lowest BCUT2D eigenvalue weighted by Gasteiger charge is -2.22. The summed E-state index contributed by atoms with van der Waals surface area (Å²) in [5.41, 5.74) is 2.51. The SMILES string of the molecule is O=C(N[C@H](CF)[C@H](O)c1ccc(-c2ccccc2)cc1)C(Cl)Cl. The number of carbonyl (C=O) groups is 1. The second-order valence-corrected chi connectivity index (χ2v) is 6.10. The molecule has 0 saturated heterocycles. The van der Waals surface area contributed by atoms with Crippen molar-refractivity contribution in [3.05, 3.63) is 60.2 Å². The minimum atomic E-state index is -1.31. The largest absolute Gasteiger partial charge is 0.386 e. The van der Waals surface area contributed by atoms with E-state index < -0.39 is 29.6 Å². The number of hydrogen-bond acceptors (Lipinski definition) is 2. The fraction of sp³-hybridized carbons (Fsp3) is 0.235. The van der Waals surface area contributed by atoms with Crippen LogP contribution in [0.3, 0.4) is 0 Å². The van der Waals surface area contributed by atoms with Crippen molar-refractivity contribution in [2.24, 2.45) is 0 Å². The lowest BCUT2D eigenvalue weighted by molar-refractivity contribution is -0.121. The van der Waals surface area contributed by atoms with Crippen LogP contribution in [0.25, 0.3) is 11.1 Å². The third kappa shape index (κ3) is 4.67. The van der Waals surface area contributed by atoms with Gasteiger partial charge in [-0.2, -0.15) is 0 Å². The summed E-state index contributed by atoms with van der Waals surface area (Å²) in [5, 5.41) is 12.5. The van der Waals surface area contributed by atoms with Crippen molar-refractivity contribution >= 4 is 29.1 Å². The molecule has 122 valence electrons. The maximum absolute atomic E-state index is 13.1. The van der Waals surface area contributed by atoms with Gasteiger partial charge in [0, 0.05) is 0 Å². The highest BCUT2D eigenvalue weighted by Crippen LogP contribution is 2.23. The van der Waals surface area contributed by atoms with Crippen molar-refractivity contribution in [2.45, 2.75) is 17.0 Å². The van der Waals surface area contributed by atoms with E-state index in [4.69, 9.17) is 23.2 Å². The maximum atomic E-state index is 13.1. The molecule has 0 unspecified atom stereocenters. The molecule has 23 heavy (non-hydrogen) atoms. The number of alkyl halides is 3. The summed E-state index contributed by atoms with van der Waals surface area (Å²) in [6.07, 6.45) is -1.19. The number of aliphatic hydroxyl groups excluding tert-OH is 1. The van der Waals surface area contributed by atoms with E-state index in [0.717, 1.165) is 11.1 Å². The average Bonchev–Trinajstić information content (AvgIpc) is 2.59. The standard InChI is InChI=1S/C17H16Cl2FNO2/c18-16(19)17(23)21-14(10-20)15(22)13-8-6-12(7-9-13)11-4-2-1-3-5-11/h1-9,14-16,22H,10H2,(H,21,23)/t14-,15-/m1/s1. The number of amides is 1. The molecule has 0 radical (unpaired) electrons. The zero-order valence-corrected chi connectivity index (χ0v) is 13.6. The van der Waals surface area contributed by atoms with Crippen LogP contribution in [-0.4, -0.2) is 28.6 Å². The average molecular weight is 356 g/mol. The molecule has 0 saturated carbocycles. The van der Waals surface area contributed by atoms with Crippen molar-refractivity contribution in [1.29, 1.82) is 0 Å². The van der Waals surface area contributed by atoms with Crippen molar-refractivity contribution in [3.8, 4) is 11.1 Å². The quantitative estimate of drug-likeness (QED) is 0.777. The summed E-state index contributed by atoms with van der Waals surface area (Å²) >= 11 is 10.8. The lowest BCUT2D eigenvalue weighted by Crippen LogP contribution is -2.43. The number of benzene rings is 2. The van der Waals surface area contributed by atoms with Crippen LogP contribution in [0.5, 0.6) is 0 Å². The highest BCUT2D eigenvalue weighted by atomic mass is 35.5. The second kappa shape index (κ2) is 8.29. The summed E-state index contributed by atoms with van der Waals surface area (Å²) < 4.78 is 13.1. The van der Waals surface area contributed by atoms with E-state index in [9.17, 15) is 14.3 Å². The van der Waals surface area contributed by atoms with E-state index in [-0.39, 0.29) is 0 Å². The number of hydrogen-bond donors (Lipinski definition) is 2. The minimum absolute atomic E-state index is 0.494. The molecule has 2 atom stereocenters. The summed E-state index contributed by atoms with van der Waals surface area (Å²) in [5.74, 6) is -0.740. The van der Waals surface area contributed by atoms with Crippen LogP contribution in [-0.2, 0) is 4.79 Å². The summed E-state index contributed by atoms with van der Waals surface area (Å²) in [7, 11) is 0. The van der Waals surface area contributed by atoms with Gasteiger partial charge < -0.3 is 10.4 Å². The molecular formula is C17H16Cl2FNO2. The minimum Gasteiger partial charge on any atom is -0.386 e. The fourth-order valence-corrected chi connectivity index (χ4v) is 2.31. The van der Waals surface area contributed by atoms with Crippen LogP contribution in [0.2, 0.25) is 0 Å². The Kier molecular flexibility index (Phi) is 6.39. The summed E-state index contributed by atoms with van der Waals surface area (Å²) in [4.78, 5) is 10.1. The Labute approximate surface area is 144 Å². The molecule has 3 nitrogen and oxygen atoms in total. The molecule has 2 aromatic rings. The highest BCUT2D eigenvalue weighted by Gasteiger charge is 2.25. The fourth-order valence-electron chi connectivity index (χ4n) is 2.18. The smallest absolute Gasteiger partial charge is 0.253 e.